The van der Waals surface area contributed by atoms with Crippen LogP contribution in [-0.2, 0) is 14.3 Å². The maximum atomic E-state index is 12.5. The van der Waals surface area contributed by atoms with Gasteiger partial charge in [0.1, 0.15) is 5.60 Å². The number of aromatic nitrogens is 1. The first-order valence-electron chi connectivity index (χ1n) is 7.72. The highest BCUT2D eigenvalue weighted by atomic mass is 16.6. The van der Waals surface area contributed by atoms with E-state index in [2.05, 4.69) is 0 Å². The van der Waals surface area contributed by atoms with Crippen molar-refractivity contribution in [3.8, 4) is 0 Å². The lowest BCUT2D eigenvalue weighted by Gasteiger charge is -2.20. The van der Waals surface area contributed by atoms with E-state index in [0.717, 1.165) is 0 Å². The molecule has 128 valence electrons. The van der Waals surface area contributed by atoms with Crippen molar-refractivity contribution < 1.29 is 23.9 Å². The molecular weight excluding hydrogens is 310 g/mol. The zero-order valence-corrected chi connectivity index (χ0v) is 14.5. The highest BCUT2D eigenvalue weighted by Gasteiger charge is 2.29. The lowest BCUT2D eigenvalue weighted by molar-refractivity contribution is -0.137. The van der Waals surface area contributed by atoms with Gasteiger partial charge in [-0.1, -0.05) is 18.2 Å². The second kappa shape index (κ2) is 6.47. The normalized spacial score (nSPS) is 11.4. The summed E-state index contributed by atoms with van der Waals surface area (Å²) in [5, 5.41) is 0.513. The van der Waals surface area contributed by atoms with Crippen LogP contribution in [0.25, 0.3) is 10.9 Å². The zero-order chi connectivity index (χ0) is 18.1. The molecule has 0 spiro atoms. The van der Waals surface area contributed by atoms with Crippen molar-refractivity contribution >= 4 is 28.7 Å². The predicted octanol–water partition coefficient (Wildman–Crippen LogP) is 3.48. The maximum absolute atomic E-state index is 12.5. The maximum Gasteiger partial charge on any atom is 0.419 e. The van der Waals surface area contributed by atoms with Crippen molar-refractivity contribution in [3.05, 3.63) is 35.5 Å². The first-order chi connectivity index (χ1) is 11.2. The van der Waals surface area contributed by atoms with Crippen molar-refractivity contribution in [2.45, 2.75) is 40.2 Å². The Labute approximate surface area is 140 Å². The molecule has 0 aliphatic carbocycles. The fourth-order valence-corrected chi connectivity index (χ4v) is 2.50. The molecule has 1 heterocycles. The molecule has 0 atom stereocenters. The van der Waals surface area contributed by atoms with E-state index in [-0.39, 0.29) is 12.2 Å². The van der Waals surface area contributed by atoms with Gasteiger partial charge in [0.15, 0.2) is 0 Å². The Morgan fingerprint density at radius 1 is 1.12 bits per heavy atom. The Balaban J connectivity index is 2.63. The summed E-state index contributed by atoms with van der Waals surface area (Å²) in [6.45, 7) is 8.62. The quantitative estimate of drug-likeness (QED) is 0.489. The molecule has 1 aromatic carbocycles. The van der Waals surface area contributed by atoms with Crippen LogP contribution in [0.2, 0.25) is 0 Å². The molecule has 0 saturated carbocycles. The van der Waals surface area contributed by atoms with E-state index >= 15 is 0 Å². The lowest BCUT2D eigenvalue weighted by atomic mass is 10.1. The average Bonchev–Trinajstić information content (AvgIpc) is 2.77. The van der Waals surface area contributed by atoms with Crippen LogP contribution < -0.4 is 0 Å². The number of fused-ring (bicyclic) bond motifs is 1. The molecule has 0 N–H and O–H groups in total. The Hall–Kier alpha value is -2.63. The number of benzene rings is 1. The van der Waals surface area contributed by atoms with Gasteiger partial charge in [0.2, 0.25) is 0 Å². The Morgan fingerprint density at radius 3 is 2.33 bits per heavy atom. The van der Waals surface area contributed by atoms with E-state index < -0.39 is 23.4 Å². The summed E-state index contributed by atoms with van der Waals surface area (Å²) in [7, 11) is 0. The molecule has 0 radical (unpaired) electrons. The molecule has 2 rings (SSSR count). The third-order valence-corrected chi connectivity index (χ3v) is 3.38. The number of ketones is 1. The molecule has 0 aliphatic heterocycles. The number of Topliss-reactive ketones (excluding diaryl/α,β-unsaturated/α-hetero) is 1. The minimum Gasteiger partial charge on any atom is -0.460 e. The predicted molar refractivity (Wildman–Crippen MR) is 89.3 cm³/mol. The van der Waals surface area contributed by atoms with Gasteiger partial charge in [-0.05, 0) is 40.7 Å². The number of nitrogens with zero attached hydrogens (tertiary/aromatic N) is 1. The standard InChI is InChI=1S/C18H21NO5/c1-6-23-16(21)15(20)14-11(2)19(17(22)24-18(3,4)5)13-10-8-7-9-12(13)14/h7-10H,6H2,1-5H3. The molecule has 6 heteroatoms. The zero-order valence-electron chi connectivity index (χ0n) is 14.5. The van der Waals surface area contributed by atoms with E-state index in [1.807, 2.05) is 0 Å². The molecule has 24 heavy (non-hydrogen) atoms. The number of rotatable bonds is 3. The highest BCUT2D eigenvalue weighted by Crippen LogP contribution is 2.27. The van der Waals surface area contributed by atoms with Crippen LogP contribution in [0.5, 0.6) is 0 Å². The largest absolute Gasteiger partial charge is 0.460 e. The Bertz CT molecular complexity index is 811. The lowest BCUT2D eigenvalue weighted by Crippen LogP contribution is -2.28. The van der Waals surface area contributed by atoms with Crippen LogP contribution in [0.4, 0.5) is 4.79 Å². The van der Waals surface area contributed by atoms with Gasteiger partial charge < -0.3 is 9.47 Å². The van der Waals surface area contributed by atoms with Crippen molar-refractivity contribution in [1.82, 2.24) is 4.57 Å². The van der Waals surface area contributed by atoms with Crippen molar-refractivity contribution in [3.63, 3.8) is 0 Å². The summed E-state index contributed by atoms with van der Waals surface area (Å²) in [6.07, 6.45) is -0.598. The third-order valence-electron chi connectivity index (χ3n) is 3.38. The number of hydrogen-bond acceptors (Lipinski definition) is 5. The first kappa shape index (κ1) is 17.7. The van der Waals surface area contributed by atoms with Crippen LogP contribution >= 0.6 is 0 Å². The number of carbonyl (C=O) groups is 3. The summed E-state index contributed by atoms with van der Waals surface area (Å²) in [5.41, 5.74) is 0.343. The van der Waals surface area contributed by atoms with Gasteiger partial charge in [-0.2, -0.15) is 0 Å². The van der Waals surface area contributed by atoms with Crippen molar-refractivity contribution in [1.29, 1.82) is 0 Å². The average molecular weight is 331 g/mol. The molecule has 0 fully saturated rings. The second-order valence-electron chi connectivity index (χ2n) is 6.34. The molecule has 6 nitrogen and oxygen atoms in total. The molecule has 0 aliphatic rings. The van der Waals surface area contributed by atoms with E-state index in [0.29, 0.717) is 16.6 Å². The van der Waals surface area contributed by atoms with Crippen LogP contribution in [0, 0.1) is 6.92 Å². The van der Waals surface area contributed by atoms with Crippen LogP contribution in [0.3, 0.4) is 0 Å². The van der Waals surface area contributed by atoms with Gasteiger partial charge in [0.25, 0.3) is 5.78 Å². The van der Waals surface area contributed by atoms with E-state index in [4.69, 9.17) is 9.47 Å². The van der Waals surface area contributed by atoms with Crippen molar-refractivity contribution in [2.24, 2.45) is 0 Å². The Morgan fingerprint density at radius 2 is 1.75 bits per heavy atom. The van der Waals surface area contributed by atoms with E-state index in [9.17, 15) is 14.4 Å². The Kier molecular flexibility index (Phi) is 4.78. The molecule has 0 saturated heterocycles. The fraction of sp³-hybridized carbons (Fsp3) is 0.389. The topological polar surface area (TPSA) is 74.6 Å². The van der Waals surface area contributed by atoms with Gasteiger partial charge in [-0.25, -0.2) is 14.2 Å². The van der Waals surface area contributed by atoms with Gasteiger partial charge >= 0.3 is 12.1 Å². The SMILES string of the molecule is CCOC(=O)C(=O)c1c(C)n(C(=O)OC(C)(C)C)c2ccccc12. The summed E-state index contributed by atoms with van der Waals surface area (Å²) < 4.78 is 11.5. The van der Waals surface area contributed by atoms with Crippen molar-refractivity contribution in [2.75, 3.05) is 6.61 Å². The van der Waals surface area contributed by atoms with E-state index in [1.165, 1.54) is 4.57 Å². The fourth-order valence-electron chi connectivity index (χ4n) is 2.50. The molecule has 0 amide bonds. The number of para-hydroxylation sites is 1. The number of esters is 1. The molecule has 0 bridgehead atoms. The summed E-state index contributed by atoms with van der Waals surface area (Å²) in [4.78, 5) is 36.8. The molecule has 0 unspecified atom stereocenters. The second-order valence-corrected chi connectivity index (χ2v) is 6.34. The van der Waals surface area contributed by atoms with E-state index in [1.54, 1.807) is 58.9 Å². The monoisotopic (exact) mass is 331 g/mol. The highest BCUT2D eigenvalue weighted by molar-refractivity contribution is 6.43. The summed E-state index contributed by atoms with van der Waals surface area (Å²) >= 11 is 0. The summed E-state index contributed by atoms with van der Waals surface area (Å²) in [6, 6.07) is 6.88. The van der Waals surface area contributed by atoms with Gasteiger partial charge in [-0.15, -0.1) is 0 Å². The third kappa shape index (κ3) is 3.32. The molecular formula is C18H21NO5. The van der Waals surface area contributed by atoms with Gasteiger partial charge in [-0.3, -0.25) is 4.79 Å². The smallest absolute Gasteiger partial charge is 0.419 e. The first-order valence-corrected chi connectivity index (χ1v) is 7.72. The minimum absolute atomic E-state index is 0.105. The molecule has 2 aromatic rings. The summed E-state index contributed by atoms with van der Waals surface area (Å²) in [5.74, 6) is -1.71. The van der Waals surface area contributed by atoms with Gasteiger partial charge in [0, 0.05) is 11.1 Å². The van der Waals surface area contributed by atoms with Gasteiger partial charge in [0.05, 0.1) is 17.7 Å². The minimum atomic E-state index is -0.937. The number of ether oxygens (including phenoxy) is 2. The van der Waals surface area contributed by atoms with Crippen LogP contribution in [0.15, 0.2) is 24.3 Å². The van der Waals surface area contributed by atoms with Crippen LogP contribution in [0.1, 0.15) is 43.7 Å². The molecule has 1 aromatic heterocycles. The number of hydrogen-bond donors (Lipinski definition) is 0. The van der Waals surface area contributed by atoms with Crippen LogP contribution in [-0.4, -0.2) is 34.6 Å². The number of carbonyl (C=O) groups excluding carboxylic acids is 3.